The molecule has 0 atom stereocenters. The van der Waals surface area contributed by atoms with Crippen LogP contribution in [0, 0.1) is 12.7 Å². The maximum absolute atomic E-state index is 13.6. The third kappa shape index (κ3) is 4.70. The number of rotatable bonds is 6. The molecular formula is C22H20FNO2. The van der Waals surface area contributed by atoms with E-state index in [-0.39, 0.29) is 18.3 Å². The lowest BCUT2D eigenvalue weighted by Gasteiger charge is -2.12. The van der Waals surface area contributed by atoms with Gasteiger partial charge in [-0.15, -0.1) is 0 Å². The first-order valence-electron chi connectivity index (χ1n) is 8.42. The predicted molar refractivity (Wildman–Crippen MR) is 101 cm³/mol. The number of halogens is 1. The van der Waals surface area contributed by atoms with Crippen LogP contribution in [-0.2, 0) is 11.2 Å². The van der Waals surface area contributed by atoms with Gasteiger partial charge in [0.1, 0.15) is 11.6 Å². The summed E-state index contributed by atoms with van der Waals surface area (Å²) in [6, 6.07) is 22.3. The van der Waals surface area contributed by atoms with Gasteiger partial charge in [0.25, 0.3) is 5.91 Å². The van der Waals surface area contributed by atoms with Gasteiger partial charge in [0.2, 0.25) is 0 Å². The van der Waals surface area contributed by atoms with Gasteiger partial charge in [-0.25, -0.2) is 4.39 Å². The number of carbonyl (C=O) groups is 1. The van der Waals surface area contributed by atoms with Crippen LogP contribution in [0.3, 0.4) is 0 Å². The standard InChI is InChI=1S/C22H20FNO2/c1-16-11-12-19(14-20(16)23)24-22(25)15-26-21-10-6-5-9-18(21)13-17-7-3-2-4-8-17/h2-12,14H,13,15H2,1H3,(H,24,25). The molecule has 0 saturated carbocycles. The number of amides is 1. The molecule has 0 fully saturated rings. The van der Waals surface area contributed by atoms with Crippen molar-refractivity contribution in [1.82, 2.24) is 0 Å². The molecule has 0 unspecified atom stereocenters. The van der Waals surface area contributed by atoms with E-state index in [1.54, 1.807) is 19.1 Å². The van der Waals surface area contributed by atoms with Crippen LogP contribution in [0.4, 0.5) is 10.1 Å². The Balaban J connectivity index is 1.62. The molecule has 0 aliphatic heterocycles. The van der Waals surface area contributed by atoms with E-state index >= 15 is 0 Å². The van der Waals surface area contributed by atoms with Gasteiger partial charge in [-0.05, 0) is 41.8 Å². The Labute approximate surface area is 152 Å². The third-order valence-corrected chi connectivity index (χ3v) is 4.02. The zero-order valence-corrected chi connectivity index (χ0v) is 14.5. The van der Waals surface area contributed by atoms with Gasteiger partial charge >= 0.3 is 0 Å². The summed E-state index contributed by atoms with van der Waals surface area (Å²) in [5, 5.41) is 2.65. The van der Waals surface area contributed by atoms with Crippen LogP contribution in [0.5, 0.6) is 5.75 Å². The Morgan fingerprint density at radius 2 is 1.73 bits per heavy atom. The number of carbonyl (C=O) groups excluding carboxylic acids is 1. The number of para-hydroxylation sites is 1. The van der Waals surface area contributed by atoms with Crippen LogP contribution in [-0.4, -0.2) is 12.5 Å². The van der Waals surface area contributed by atoms with Gasteiger partial charge in [0.05, 0.1) is 0 Å². The van der Waals surface area contributed by atoms with Crippen LogP contribution in [0.15, 0.2) is 72.8 Å². The van der Waals surface area contributed by atoms with Gasteiger partial charge in [-0.3, -0.25) is 4.79 Å². The number of nitrogens with one attached hydrogen (secondary N) is 1. The van der Waals surface area contributed by atoms with Crippen molar-refractivity contribution in [3.8, 4) is 5.75 Å². The monoisotopic (exact) mass is 349 g/mol. The highest BCUT2D eigenvalue weighted by Crippen LogP contribution is 2.21. The lowest BCUT2D eigenvalue weighted by atomic mass is 10.0. The molecule has 0 saturated heterocycles. The number of ether oxygens (including phenoxy) is 1. The topological polar surface area (TPSA) is 38.3 Å². The lowest BCUT2D eigenvalue weighted by molar-refractivity contribution is -0.118. The van der Waals surface area contributed by atoms with Crippen molar-refractivity contribution in [3.05, 3.63) is 95.3 Å². The van der Waals surface area contributed by atoms with E-state index in [1.165, 1.54) is 11.6 Å². The molecule has 1 amide bonds. The largest absolute Gasteiger partial charge is 0.483 e. The fraction of sp³-hybridized carbons (Fsp3) is 0.136. The molecule has 3 rings (SSSR count). The number of hydrogen-bond donors (Lipinski definition) is 1. The van der Waals surface area contributed by atoms with Crippen LogP contribution in [0.2, 0.25) is 0 Å². The third-order valence-electron chi connectivity index (χ3n) is 4.02. The van der Waals surface area contributed by atoms with Gasteiger partial charge in [0.15, 0.2) is 6.61 Å². The summed E-state index contributed by atoms with van der Waals surface area (Å²) in [5.41, 5.74) is 3.13. The maximum atomic E-state index is 13.6. The van der Waals surface area contributed by atoms with Gasteiger partial charge in [-0.1, -0.05) is 54.6 Å². The van der Waals surface area contributed by atoms with Gasteiger partial charge in [0, 0.05) is 12.1 Å². The molecular weight excluding hydrogens is 329 g/mol. The van der Waals surface area contributed by atoms with Crippen molar-refractivity contribution in [2.75, 3.05) is 11.9 Å². The summed E-state index contributed by atoms with van der Waals surface area (Å²) in [6.07, 6.45) is 0.724. The number of benzene rings is 3. The quantitative estimate of drug-likeness (QED) is 0.698. The average Bonchev–Trinajstić information content (AvgIpc) is 2.65. The maximum Gasteiger partial charge on any atom is 0.262 e. The zero-order chi connectivity index (χ0) is 18.4. The van der Waals surface area contributed by atoms with Crippen molar-refractivity contribution in [1.29, 1.82) is 0 Å². The molecule has 0 aliphatic carbocycles. The summed E-state index contributed by atoms with van der Waals surface area (Å²) in [5.74, 6) is -0.0127. The van der Waals surface area contributed by atoms with Crippen molar-refractivity contribution < 1.29 is 13.9 Å². The summed E-state index contributed by atoms with van der Waals surface area (Å²) in [6.45, 7) is 1.54. The zero-order valence-electron chi connectivity index (χ0n) is 14.5. The highest BCUT2D eigenvalue weighted by atomic mass is 19.1. The fourth-order valence-electron chi connectivity index (χ4n) is 2.62. The number of hydrogen-bond acceptors (Lipinski definition) is 2. The molecule has 3 aromatic rings. The molecule has 26 heavy (non-hydrogen) atoms. The lowest BCUT2D eigenvalue weighted by Crippen LogP contribution is -2.20. The first-order valence-corrected chi connectivity index (χ1v) is 8.42. The minimum absolute atomic E-state index is 0.138. The Hall–Kier alpha value is -3.14. The smallest absolute Gasteiger partial charge is 0.262 e. The second-order valence-electron chi connectivity index (χ2n) is 6.07. The summed E-state index contributed by atoms with van der Waals surface area (Å²) in [4.78, 5) is 12.1. The minimum Gasteiger partial charge on any atom is -0.483 e. The van der Waals surface area contributed by atoms with E-state index in [4.69, 9.17) is 4.74 Å². The highest BCUT2D eigenvalue weighted by Gasteiger charge is 2.09. The van der Waals surface area contributed by atoms with Crippen molar-refractivity contribution >= 4 is 11.6 Å². The first kappa shape index (κ1) is 17.7. The predicted octanol–water partition coefficient (Wildman–Crippen LogP) is 4.74. The van der Waals surface area contributed by atoms with Crippen LogP contribution < -0.4 is 10.1 Å². The fourth-order valence-corrected chi connectivity index (χ4v) is 2.62. The molecule has 3 nitrogen and oxygen atoms in total. The number of aryl methyl sites for hydroxylation is 1. The Morgan fingerprint density at radius 3 is 2.50 bits per heavy atom. The van der Waals surface area contributed by atoms with E-state index < -0.39 is 0 Å². The minimum atomic E-state index is -0.350. The van der Waals surface area contributed by atoms with Crippen LogP contribution in [0.1, 0.15) is 16.7 Å². The molecule has 0 heterocycles. The second-order valence-corrected chi connectivity index (χ2v) is 6.07. The summed E-state index contributed by atoms with van der Waals surface area (Å²) in [7, 11) is 0. The average molecular weight is 349 g/mol. The van der Waals surface area contributed by atoms with Crippen molar-refractivity contribution in [3.63, 3.8) is 0 Å². The summed E-state index contributed by atoms with van der Waals surface area (Å²) >= 11 is 0. The Bertz CT molecular complexity index is 894. The van der Waals surface area contributed by atoms with E-state index in [1.807, 2.05) is 42.5 Å². The first-order chi connectivity index (χ1) is 12.6. The van der Waals surface area contributed by atoms with Gasteiger partial charge < -0.3 is 10.1 Å². The molecule has 0 bridgehead atoms. The molecule has 1 N–H and O–H groups in total. The molecule has 0 radical (unpaired) electrons. The second kappa shape index (κ2) is 8.30. The Kier molecular flexibility index (Phi) is 5.64. The van der Waals surface area contributed by atoms with Crippen LogP contribution >= 0.6 is 0 Å². The molecule has 0 aromatic heterocycles. The molecule has 4 heteroatoms. The molecule has 3 aromatic carbocycles. The van der Waals surface area contributed by atoms with Crippen molar-refractivity contribution in [2.45, 2.75) is 13.3 Å². The number of anilines is 1. The van der Waals surface area contributed by atoms with E-state index in [9.17, 15) is 9.18 Å². The van der Waals surface area contributed by atoms with E-state index in [0.717, 1.165) is 12.0 Å². The van der Waals surface area contributed by atoms with E-state index in [0.29, 0.717) is 17.0 Å². The SMILES string of the molecule is Cc1ccc(NC(=O)COc2ccccc2Cc2ccccc2)cc1F. The molecule has 0 spiro atoms. The van der Waals surface area contributed by atoms with Crippen molar-refractivity contribution in [2.24, 2.45) is 0 Å². The van der Waals surface area contributed by atoms with Crippen LogP contribution in [0.25, 0.3) is 0 Å². The highest BCUT2D eigenvalue weighted by molar-refractivity contribution is 5.91. The molecule has 0 aliphatic rings. The summed E-state index contributed by atoms with van der Waals surface area (Å²) < 4.78 is 19.2. The van der Waals surface area contributed by atoms with Gasteiger partial charge in [-0.2, -0.15) is 0 Å². The Morgan fingerprint density at radius 1 is 1.00 bits per heavy atom. The van der Waals surface area contributed by atoms with E-state index in [2.05, 4.69) is 17.4 Å². The normalized spacial score (nSPS) is 10.4. The molecule has 132 valence electrons.